The van der Waals surface area contributed by atoms with Gasteiger partial charge in [-0.05, 0) is 56.4 Å². The predicted octanol–water partition coefficient (Wildman–Crippen LogP) is 1.54. The van der Waals surface area contributed by atoms with E-state index in [-0.39, 0.29) is 5.97 Å². The van der Waals surface area contributed by atoms with Crippen LogP contribution in [0.3, 0.4) is 0 Å². The first-order valence-corrected chi connectivity index (χ1v) is 10.6. The normalized spacial score (nSPS) is 25.9. The summed E-state index contributed by atoms with van der Waals surface area (Å²) in [7, 11) is 1.39. The number of hydrogen-bond acceptors (Lipinski definition) is 7. The first kappa shape index (κ1) is 21.5. The molecule has 2 aliphatic rings. The van der Waals surface area contributed by atoms with Crippen LogP contribution in [0.25, 0.3) is 0 Å². The molecule has 3 rings (SSSR count). The summed E-state index contributed by atoms with van der Waals surface area (Å²) in [5.41, 5.74) is 1.30. The zero-order valence-corrected chi connectivity index (χ0v) is 17.6. The van der Waals surface area contributed by atoms with Crippen LogP contribution in [0.5, 0.6) is 0 Å². The Bertz CT molecular complexity index is 632. The van der Waals surface area contributed by atoms with Crippen LogP contribution in [0.4, 0.5) is 0 Å². The lowest BCUT2D eigenvalue weighted by molar-refractivity contribution is 0.0593. The summed E-state index contributed by atoms with van der Waals surface area (Å²) < 4.78 is 6.74. The summed E-state index contributed by atoms with van der Waals surface area (Å²) in [4.78, 5) is 23.8. The fourth-order valence-electron chi connectivity index (χ4n) is 3.87. The Hall–Kier alpha value is -1.25. The van der Waals surface area contributed by atoms with Gasteiger partial charge in [0.15, 0.2) is 0 Å². The van der Waals surface area contributed by atoms with E-state index in [0.29, 0.717) is 5.69 Å². The number of ether oxygens (including phenoxy) is 1. The summed E-state index contributed by atoms with van der Waals surface area (Å²) in [6.45, 7) is 11.1. The monoisotopic (exact) mass is 409 g/mol. The van der Waals surface area contributed by atoms with Gasteiger partial charge in [0.25, 0.3) is 0 Å². The van der Waals surface area contributed by atoms with Gasteiger partial charge in [-0.15, -0.1) is 0 Å². The Balaban J connectivity index is 1.64. The second-order valence-corrected chi connectivity index (χ2v) is 8.06. The molecule has 3 heterocycles. The van der Waals surface area contributed by atoms with Crippen LogP contribution >= 0.6 is 11.8 Å². The highest BCUT2D eigenvalue weighted by Gasteiger charge is 2.18. The molecule has 2 bridgehead atoms. The number of fused-ring (bicyclic) bond motifs is 3. The smallest absolute Gasteiger partial charge is 0.356 e. The molecule has 2 unspecified atom stereocenters. The Morgan fingerprint density at radius 3 is 2.39 bits per heavy atom. The van der Waals surface area contributed by atoms with Gasteiger partial charge in [0.2, 0.25) is 0 Å². The Kier molecular flexibility index (Phi) is 8.48. The first-order chi connectivity index (χ1) is 13.6. The van der Waals surface area contributed by atoms with Crippen molar-refractivity contribution in [2.24, 2.45) is 0 Å². The molecular weight excluding hydrogens is 378 g/mol. The standard InChI is InChI=1S/C20H32ClN5O2/c1-28-20(27)19-6-2-5-18(22-19)17-25-9-3-7-24-12-11-23(13-14-25)8-4-10-26(21)16-15-24/h2,5-6H,3-4,7-17H2,1H3. The maximum atomic E-state index is 11.8. The van der Waals surface area contributed by atoms with Crippen molar-refractivity contribution in [2.75, 3.05) is 72.6 Å². The van der Waals surface area contributed by atoms with E-state index in [9.17, 15) is 4.79 Å². The van der Waals surface area contributed by atoms with Crippen LogP contribution in [0, 0.1) is 0 Å². The minimum Gasteiger partial charge on any atom is -0.464 e. The van der Waals surface area contributed by atoms with E-state index in [0.717, 1.165) is 90.5 Å². The third kappa shape index (κ3) is 6.67. The molecule has 0 spiro atoms. The topological polar surface area (TPSA) is 52.2 Å². The molecule has 7 nitrogen and oxygen atoms in total. The molecule has 0 aromatic carbocycles. The molecule has 156 valence electrons. The molecule has 0 saturated carbocycles. The second kappa shape index (κ2) is 11.1. The maximum absolute atomic E-state index is 11.8. The molecule has 0 radical (unpaired) electrons. The van der Waals surface area contributed by atoms with Crippen molar-refractivity contribution in [3.05, 3.63) is 29.6 Å². The van der Waals surface area contributed by atoms with Crippen molar-refractivity contribution < 1.29 is 9.53 Å². The van der Waals surface area contributed by atoms with E-state index < -0.39 is 0 Å². The molecule has 1 aromatic rings. The summed E-state index contributed by atoms with van der Waals surface area (Å²) in [5.74, 6) is -0.382. The molecule has 1 aromatic heterocycles. The van der Waals surface area contributed by atoms with Crippen LogP contribution in [0.1, 0.15) is 29.0 Å². The van der Waals surface area contributed by atoms with Crippen molar-refractivity contribution >= 4 is 17.7 Å². The number of nitrogens with zero attached hydrogens (tertiary/aromatic N) is 5. The van der Waals surface area contributed by atoms with Crippen molar-refractivity contribution in [1.82, 2.24) is 24.1 Å². The Labute approximate surface area is 173 Å². The van der Waals surface area contributed by atoms with Crippen LogP contribution in [0.15, 0.2) is 18.2 Å². The molecule has 0 N–H and O–H groups in total. The highest BCUT2D eigenvalue weighted by atomic mass is 35.5. The molecule has 2 aliphatic heterocycles. The number of methoxy groups -OCH3 is 1. The van der Waals surface area contributed by atoms with E-state index in [1.807, 2.05) is 16.6 Å². The molecule has 2 saturated heterocycles. The van der Waals surface area contributed by atoms with E-state index in [1.165, 1.54) is 7.11 Å². The number of halogens is 1. The van der Waals surface area contributed by atoms with Gasteiger partial charge in [0.05, 0.1) is 12.8 Å². The SMILES string of the molecule is COC(=O)c1cccc(CN2CCCN3CCN(Cl)CCCN(CC3)CC2)n1. The highest BCUT2D eigenvalue weighted by molar-refractivity contribution is 6.13. The third-order valence-corrected chi connectivity index (χ3v) is 5.87. The van der Waals surface area contributed by atoms with E-state index in [1.54, 1.807) is 6.07 Å². The van der Waals surface area contributed by atoms with Gasteiger partial charge >= 0.3 is 5.97 Å². The number of carbonyl (C=O) groups excluding carboxylic acids is 1. The van der Waals surface area contributed by atoms with Crippen LogP contribution in [-0.4, -0.2) is 103 Å². The molecule has 2 atom stereocenters. The zero-order chi connectivity index (χ0) is 19.8. The van der Waals surface area contributed by atoms with Crippen molar-refractivity contribution in [3.63, 3.8) is 0 Å². The number of pyridine rings is 1. The third-order valence-electron chi connectivity index (χ3n) is 5.53. The van der Waals surface area contributed by atoms with Gasteiger partial charge in [0, 0.05) is 52.4 Å². The van der Waals surface area contributed by atoms with Crippen LogP contribution in [-0.2, 0) is 11.3 Å². The quantitative estimate of drug-likeness (QED) is 0.554. The summed E-state index contributed by atoms with van der Waals surface area (Å²) in [5, 5.41) is 0. The fourth-order valence-corrected chi connectivity index (χ4v) is 4.06. The predicted molar refractivity (Wildman–Crippen MR) is 110 cm³/mol. The number of aromatic nitrogens is 1. The van der Waals surface area contributed by atoms with E-state index in [2.05, 4.69) is 19.7 Å². The van der Waals surface area contributed by atoms with Gasteiger partial charge < -0.3 is 14.5 Å². The molecule has 0 amide bonds. The number of carbonyl (C=O) groups is 1. The Morgan fingerprint density at radius 2 is 1.64 bits per heavy atom. The average Bonchev–Trinajstić information content (AvgIpc) is 2.72. The number of esters is 1. The molecule has 8 heteroatoms. The highest BCUT2D eigenvalue weighted by Crippen LogP contribution is 2.10. The maximum Gasteiger partial charge on any atom is 0.356 e. The molecule has 0 aliphatic carbocycles. The average molecular weight is 410 g/mol. The largest absolute Gasteiger partial charge is 0.464 e. The summed E-state index contributed by atoms with van der Waals surface area (Å²) >= 11 is 6.32. The van der Waals surface area contributed by atoms with Crippen molar-refractivity contribution in [3.8, 4) is 0 Å². The number of hydrogen-bond donors (Lipinski definition) is 0. The van der Waals surface area contributed by atoms with Gasteiger partial charge in [-0.1, -0.05) is 6.07 Å². The summed E-state index contributed by atoms with van der Waals surface area (Å²) in [6, 6.07) is 5.58. The molecular formula is C20H32ClN5O2. The lowest BCUT2D eigenvalue weighted by Gasteiger charge is -2.34. The van der Waals surface area contributed by atoms with Crippen LogP contribution < -0.4 is 0 Å². The lowest BCUT2D eigenvalue weighted by atomic mass is 10.2. The second-order valence-electron chi connectivity index (χ2n) is 7.58. The van der Waals surface area contributed by atoms with Crippen molar-refractivity contribution in [1.29, 1.82) is 0 Å². The van der Waals surface area contributed by atoms with Gasteiger partial charge in [-0.25, -0.2) is 14.2 Å². The minimum atomic E-state index is -0.382. The fraction of sp³-hybridized carbons (Fsp3) is 0.700. The van der Waals surface area contributed by atoms with Gasteiger partial charge in [-0.2, -0.15) is 0 Å². The zero-order valence-electron chi connectivity index (χ0n) is 16.9. The van der Waals surface area contributed by atoms with Crippen molar-refractivity contribution in [2.45, 2.75) is 19.4 Å². The van der Waals surface area contributed by atoms with E-state index >= 15 is 0 Å². The minimum absolute atomic E-state index is 0.377. The van der Waals surface area contributed by atoms with Gasteiger partial charge in [0.1, 0.15) is 5.69 Å². The summed E-state index contributed by atoms with van der Waals surface area (Å²) in [6.07, 6.45) is 2.23. The first-order valence-electron chi connectivity index (χ1n) is 10.3. The molecule has 28 heavy (non-hydrogen) atoms. The Morgan fingerprint density at radius 1 is 0.964 bits per heavy atom. The number of rotatable bonds is 3. The lowest BCUT2D eigenvalue weighted by Crippen LogP contribution is -2.45. The molecule has 2 fully saturated rings. The van der Waals surface area contributed by atoms with E-state index in [4.69, 9.17) is 16.5 Å². The van der Waals surface area contributed by atoms with Gasteiger partial charge in [-0.3, -0.25) is 4.90 Å². The van der Waals surface area contributed by atoms with Crippen LogP contribution in [0.2, 0.25) is 0 Å².